The Morgan fingerprint density at radius 3 is 1.25 bits per heavy atom. The number of anilines is 2. The molecule has 0 saturated heterocycles. The Balaban J connectivity index is 2.05. The van der Waals surface area contributed by atoms with E-state index in [-0.39, 0.29) is 11.4 Å². The van der Waals surface area contributed by atoms with E-state index in [2.05, 4.69) is 10.6 Å². The van der Waals surface area contributed by atoms with Crippen molar-refractivity contribution in [3.8, 4) is 0 Å². The van der Waals surface area contributed by atoms with E-state index in [0.717, 1.165) is 24.3 Å². The van der Waals surface area contributed by atoms with Crippen LogP contribution in [0.3, 0.4) is 0 Å². The van der Waals surface area contributed by atoms with Crippen molar-refractivity contribution in [3.05, 3.63) is 76.9 Å². The van der Waals surface area contributed by atoms with E-state index in [1.54, 1.807) is 0 Å². The molecule has 0 spiro atoms. The molecule has 2 aromatic carbocycles. The van der Waals surface area contributed by atoms with Crippen LogP contribution in [0.25, 0.3) is 0 Å². The first-order chi connectivity index (χ1) is 15.0. The third-order valence-electron chi connectivity index (χ3n) is 3.90. The molecule has 0 atom stereocenters. The van der Waals surface area contributed by atoms with Gasteiger partial charge in [-0.15, -0.1) is 0 Å². The second-order valence-corrected chi connectivity index (χ2v) is 6.03. The smallest absolute Gasteiger partial charge is 0.299 e. The zero-order valence-electron chi connectivity index (χ0n) is 15.7. The molecular weight excluding hydrogens is 436 g/mol. The fourth-order valence-corrected chi connectivity index (χ4v) is 2.43. The summed E-state index contributed by atoms with van der Waals surface area (Å²) in [5.41, 5.74) is -3.21. The summed E-state index contributed by atoms with van der Waals surface area (Å²) in [5.74, 6) is -1.68. The predicted octanol–water partition coefficient (Wildman–Crippen LogP) is 2.68. The lowest BCUT2D eigenvalue weighted by Crippen LogP contribution is -2.18. The van der Waals surface area contributed by atoms with E-state index < -0.39 is 67.1 Å². The van der Waals surface area contributed by atoms with Gasteiger partial charge in [-0.3, -0.25) is 50.0 Å². The van der Waals surface area contributed by atoms with Crippen LogP contribution in [0.15, 0.2) is 36.4 Å². The van der Waals surface area contributed by atoms with E-state index in [1.807, 2.05) is 0 Å². The van der Waals surface area contributed by atoms with Gasteiger partial charge in [0.1, 0.15) is 11.4 Å². The molecule has 0 aliphatic rings. The molecule has 2 rings (SSSR count). The Bertz CT molecular complexity index is 1060. The molecule has 0 saturated carbocycles. The molecule has 32 heavy (non-hydrogen) atoms. The van der Waals surface area contributed by atoms with Crippen molar-refractivity contribution >= 4 is 45.9 Å². The lowest BCUT2D eigenvalue weighted by molar-refractivity contribution is -0.393. The fraction of sp³-hybridized carbons (Fsp3) is 0.125. The number of nitro benzene ring substituents is 4. The lowest BCUT2D eigenvalue weighted by Gasteiger charge is -2.07. The molecule has 0 aromatic heterocycles. The number of rotatable bonds is 9. The van der Waals surface area contributed by atoms with Crippen molar-refractivity contribution in [1.29, 1.82) is 0 Å². The topological polar surface area (TPSA) is 231 Å². The highest BCUT2D eigenvalue weighted by Crippen LogP contribution is 2.30. The number of nitrogens with one attached hydrogen (secondary N) is 2. The first-order valence-electron chi connectivity index (χ1n) is 8.45. The second kappa shape index (κ2) is 9.65. The maximum absolute atomic E-state index is 12.0. The number of carbonyl (C=O) groups excluding carboxylic acids is 2. The highest BCUT2D eigenvalue weighted by Gasteiger charge is 2.23. The summed E-state index contributed by atoms with van der Waals surface area (Å²) >= 11 is 0. The van der Waals surface area contributed by atoms with Crippen LogP contribution in [-0.2, 0) is 9.59 Å². The van der Waals surface area contributed by atoms with Crippen molar-refractivity contribution < 1.29 is 29.3 Å². The van der Waals surface area contributed by atoms with Gasteiger partial charge in [0.25, 0.3) is 22.7 Å². The van der Waals surface area contributed by atoms with Gasteiger partial charge >= 0.3 is 0 Å². The Morgan fingerprint density at radius 2 is 0.969 bits per heavy atom. The van der Waals surface area contributed by atoms with Gasteiger partial charge in [0.15, 0.2) is 0 Å². The minimum Gasteiger partial charge on any atom is -0.320 e. The van der Waals surface area contributed by atoms with Crippen LogP contribution in [0, 0.1) is 40.5 Å². The Hall–Kier alpha value is -5.02. The SMILES string of the molecule is O=C(CCC(=O)Nc1ccc([N+](=O)[O-])cc1[N+](=O)[O-])Nc1ccc([N+](=O)[O-])cc1[N+](=O)[O-]. The standard InChI is InChI=1S/C16H12N6O10/c23-15(17-11-3-1-9(19(25)26)7-13(11)21(29)30)5-6-16(24)18-12-4-2-10(20(27)28)8-14(12)22(31)32/h1-4,7-8H,5-6H2,(H,17,23)(H,18,24). The first kappa shape index (κ1) is 23.3. The monoisotopic (exact) mass is 448 g/mol. The van der Waals surface area contributed by atoms with Gasteiger partial charge in [-0.25, -0.2) is 0 Å². The van der Waals surface area contributed by atoms with Crippen molar-refractivity contribution in [3.63, 3.8) is 0 Å². The third-order valence-corrected chi connectivity index (χ3v) is 3.90. The van der Waals surface area contributed by atoms with E-state index in [9.17, 15) is 50.0 Å². The molecule has 0 bridgehead atoms. The predicted molar refractivity (Wildman–Crippen MR) is 106 cm³/mol. The van der Waals surface area contributed by atoms with E-state index >= 15 is 0 Å². The molecule has 0 heterocycles. The third kappa shape index (κ3) is 5.75. The average Bonchev–Trinajstić information content (AvgIpc) is 2.72. The number of amides is 2. The largest absolute Gasteiger partial charge is 0.320 e. The first-order valence-corrected chi connectivity index (χ1v) is 8.45. The summed E-state index contributed by atoms with van der Waals surface area (Å²) in [7, 11) is 0. The molecule has 16 heteroatoms. The maximum Gasteiger partial charge on any atom is 0.299 e. The molecule has 0 radical (unpaired) electrons. The zero-order valence-corrected chi connectivity index (χ0v) is 15.7. The van der Waals surface area contributed by atoms with Crippen LogP contribution >= 0.6 is 0 Å². The maximum atomic E-state index is 12.0. The van der Waals surface area contributed by atoms with Crippen LogP contribution in [0.5, 0.6) is 0 Å². The second-order valence-electron chi connectivity index (χ2n) is 6.03. The van der Waals surface area contributed by atoms with Crippen LogP contribution in [-0.4, -0.2) is 31.5 Å². The number of nitro groups is 4. The molecule has 2 amide bonds. The average molecular weight is 448 g/mol. The molecule has 0 aliphatic carbocycles. The Morgan fingerprint density at radius 1 is 0.625 bits per heavy atom. The number of benzene rings is 2. The molecule has 166 valence electrons. The number of nitrogens with zero attached hydrogens (tertiary/aromatic N) is 4. The number of hydrogen-bond donors (Lipinski definition) is 2. The summed E-state index contributed by atoms with van der Waals surface area (Å²) in [6.45, 7) is 0. The van der Waals surface area contributed by atoms with Gasteiger partial charge in [-0.2, -0.15) is 0 Å². The summed E-state index contributed by atoms with van der Waals surface area (Å²) in [4.78, 5) is 64.1. The summed E-state index contributed by atoms with van der Waals surface area (Å²) in [5, 5.41) is 47.9. The molecule has 0 unspecified atom stereocenters. The van der Waals surface area contributed by atoms with E-state index in [0.29, 0.717) is 12.1 Å². The van der Waals surface area contributed by atoms with Gasteiger partial charge in [0, 0.05) is 25.0 Å². The summed E-state index contributed by atoms with van der Waals surface area (Å²) in [6.07, 6.45) is -0.971. The number of hydrogen-bond acceptors (Lipinski definition) is 10. The van der Waals surface area contributed by atoms with E-state index in [4.69, 9.17) is 0 Å². The quantitative estimate of drug-likeness (QED) is 0.420. The minimum atomic E-state index is -0.928. The van der Waals surface area contributed by atoms with Crippen molar-refractivity contribution in [1.82, 2.24) is 0 Å². The Kier molecular flexibility index (Phi) is 7.02. The van der Waals surface area contributed by atoms with Crippen LogP contribution in [0.2, 0.25) is 0 Å². The van der Waals surface area contributed by atoms with Crippen molar-refractivity contribution in [2.45, 2.75) is 12.8 Å². The van der Waals surface area contributed by atoms with Crippen molar-refractivity contribution in [2.24, 2.45) is 0 Å². The number of non-ortho nitro benzene ring substituents is 2. The minimum absolute atomic E-state index is 0.322. The van der Waals surface area contributed by atoms with Gasteiger partial charge in [0.05, 0.1) is 31.8 Å². The number of carbonyl (C=O) groups is 2. The zero-order chi connectivity index (χ0) is 24.0. The van der Waals surface area contributed by atoms with Gasteiger partial charge in [-0.05, 0) is 12.1 Å². The molecule has 0 fully saturated rings. The van der Waals surface area contributed by atoms with Gasteiger partial charge in [-0.1, -0.05) is 0 Å². The van der Waals surface area contributed by atoms with Crippen LogP contribution < -0.4 is 10.6 Å². The molecule has 2 aromatic rings. The van der Waals surface area contributed by atoms with Crippen LogP contribution in [0.1, 0.15) is 12.8 Å². The van der Waals surface area contributed by atoms with Gasteiger partial charge < -0.3 is 10.6 Å². The highest BCUT2D eigenvalue weighted by atomic mass is 16.6. The van der Waals surface area contributed by atoms with Gasteiger partial charge in [0.2, 0.25) is 11.8 Å². The fourth-order valence-electron chi connectivity index (χ4n) is 2.43. The molecule has 16 nitrogen and oxygen atoms in total. The molecule has 2 N–H and O–H groups in total. The van der Waals surface area contributed by atoms with Crippen LogP contribution in [0.4, 0.5) is 34.1 Å². The van der Waals surface area contributed by atoms with E-state index in [1.165, 1.54) is 0 Å². The lowest BCUT2D eigenvalue weighted by atomic mass is 10.2. The normalized spacial score (nSPS) is 10.1. The summed E-state index contributed by atoms with van der Waals surface area (Å²) < 4.78 is 0. The highest BCUT2D eigenvalue weighted by molar-refractivity contribution is 5.98. The van der Waals surface area contributed by atoms with Crippen molar-refractivity contribution in [2.75, 3.05) is 10.6 Å². The summed E-state index contributed by atoms with van der Waals surface area (Å²) in [6, 6.07) is 5.15. The molecule has 0 aliphatic heterocycles. The molecular formula is C16H12N6O10. The Labute approximate surface area is 176 Å².